The van der Waals surface area contributed by atoms with Gasteiger partial charge in [0.25, 0.3) is 5.91 Å². The number of anilines is 1. The molecular weight excluding hydrogens is 365 g/mol. The predicted octanol–water partition coefficient (Wildman–Crippen LogP) is 4.34. The number of hydrogen-bond acceptors (Lipinski definition) is 5. The van der Waals surface area contributed by atoms with Crippen LogP contribution in [-0.2, 0) is 6.42 Å². The van der Waals surface area contributed by atoms with Gasteiger partial charge in [-0.3, -0.25) is 4.79 Å². The first kappa shape index (κ1) is 18.5. The molecule has 27 heavy (non-hydrogen) atoms. The molecule has 1 aromatic heterocycles. The Morgan fingerprint density at radius 3 is 2.59 bits per heavy atom. The second-order valence-electron chi connectivity index (χ2n) is 5.75. The molecule has 0 radical (unpaired) electrons. The van der Waals surface area contributed by atoms with E-state index in [4.69, 9.17) is 10.00 Å². The zero-order chi connectivity index (χ0) is 19.2. The average molecular weight is 381 g/mol. The number of thiazole rings is 1. The second kappa shape index (κ2) is 8.43. The topological polar surface area (TPSA) is 75.0 Å². The van der Waals surface area contributed by atoms with E-state index >= 15 is 0 Å². The van der Waals surface area contributed by atoms with Gasteiger partial charge in [-0.05, 0) is 48.9 Å². The Morgan fingerprint density at radius 2 is 1.93 bits per heavy atom. The summed E-state index contributed by atoms with van der Waals surface area (Å²) in [6.45, 7) is 1.76. The Hall–Kier alpha value is -3.24. The summed E-state index contributed by atoms with van der Waals surface area (Å²) in [5, 5.41) is 12.1. The zero-order valence-corrected chi connectivity index (χ0v) is 15.3. The number of benzene rings is 2. The fraction of sp³-hybridized carbons (Fsp3) is 0.150. The zero-order valence-electron chi connectivity index (χ0n) is 14.5. The van der Waals surface area contributed by atoms with Crippen LogP contribution in [0.1, 0.15) is 25.9 Å². The van der Waals surface area contributed by atoms with Crippen molar-refractivity contribution in [2.75, 3.05) is 11.9 Å². The summed E-state index contributed by atoms with van der Waals surface area (Å²) in [6, 6.07) is 14.9. The Labute approximate surface area is 160 Å². The number of amides is 1. The van der Waals surface area contributed by atoms with Crippen LogP contribution in [-0.4, -0.2) is 17.5 Å². The lowest BCUT2D eigenvalue weighted by Gasteiger charge is -2.06. The van der Waals surface area contributed by atoms with E-state index in [1.807, 2.05) is 6.07 Å². The number of aromatic nitrogens is 1. The maximum atomic E-state index is 13.0. The molecule has 0 spiro atoms. The Kier molecular flexibility index (Phi) is 5.79. The van der Waals surface area contributed by atoms with Gasteiger partial charge in [0, 0.05) is 12.1 Å². The van der Waals surface area contributed by atoms with E-state index in [0.717, 1.165) is 10.6 Å². The Bertz CT molecular complexity index is 976. The first-order valence-electron chi connectivity index (χ1n) is 8.17. The van der Waals surface area contributed by atoms with Crippen LogP contribution >= 0.6 is 11.3 Å². The molecule has 0 bridgehead atoms. The first-order chi connectivity index (χ1) is 13.0. The van der Waals surface area contributed by atoms with Gasteiger partial charge in [0.15, 0.2) is 6.61 Å². The van der Waals surface area contributed by atoms with Crippen molar-refractivity contribution in [1.82, 2.24) is 4.98 Å². The van der Waals surface area contributed by atoms with Gasteiger partial charge in [0.05, 0.1) is 10.7 Å². The number of nitrogens with one attached hydrogen (secondary N) is 1. The number of hydrogen-bond donors (Lipinski definition) is 1. The van der Waals surface area contributed by atoms with Gasteiger partial charge in [-0.1, -0.05) is 12.1 Å². The standard InChI is InChI=1S/C20H16FN3O2S/c1-13-19(27-18(23-13)12-14-2-4-15(21)5-3-14)20(25)24-16-6-8-17(9-7-16)26-11-10-22/h2-9H,11-12H2,1H3,(H,24,25). The molecule has 3 aromatic rings. The molecule has 1 heterocycles. The molecule has 0 aliphatic carbocycles. The number of ether oxygens (including phenoxy) is 1. The minimum absolute atomic E-state index is 0.0252. The minimum atomic E-state index is -0.279. The second-order valence-corrected chi connectivity index (χ2v) is 6.83. The van der Waals surface area contributed by atoms with Crippen molar-refractivity contribution in [2.24, 2.45) is 0 Å². The summed E-state index contributed by atoms with van der Waals surface area (Å²) in [5.41, 5.74) is 2.21. The number of halogens is 1. The van der Waals surface area contributed by atoms with Gasteiger partial charge in [-0.25, -0.2) is 9.37 Å². The quantitative estimate of drug-likeness (QED) is 0.689. The number of carbonyl (C=O) groups is 1. The molecule has 1 amide bonds. The number of rotatable bonds is 6. The van der Waals surface area contributed by atoms with E-state index in [1.54, 1.807) is 43.3 Å². The van der Waals surface area contributed by atoms with E-state index in [9.17, 15) is 9.18 Å². The third kappa shape index (κ3) is 4.90. The van der Waals surface area contributed by atoms with Crippen molar-refractivity contribution in [1.29, 1.82) is 5.26 Å². The lowest BCUT2D eigenvalue weighted by molar-refractivity contribution is 0.103. The van der Waals surface area contributed by atoms with Crippen LogP contribution in [0.15, 0.2) is 48.5 Å². The molecule has 136 valence electrons. The van der Waals surface area contributed by atoms with Crippen LogP contribution in [0, 0.1) is 24.1 Å². The number of nitrogens with zero attached hydrogens (tertiary/aromatic N) is 2. The molecule has 0 fully saturated rings. The van der Waals surface area contributed by atoms with Gasteiger partial charge >= 0.3 is 0 Å². The predicted molar refractivity (Wildman–Crippen MR) is 102 cm³/mol. The highest BCUT2D eigenvalue weighted by molar-refractivity contribution is 7.14. The Balaban J connectivity index is 1.67. The summed E-state index contributed by atoms with van der Waals surface area (Å²) in [5.74, 6) is 0.0457. The molecule has 1 N–H and O–H groups in total. The van der Waals surface area contributed by atoms with Crippen molar-refractivity contribution in [3.8, 4) is 11.8 Å². The average Bonchev–Trinajstić information content (AvgIpc) is 3.03. The van der Waals surface area contributed by atoms with Crippen LogP contribution < -0.4 is 10.1 Å². The van der Waals surface area contributed by atoms with Crippen molar-refractivity contribution in [3.05, 3.63) is 75.5 Å². The highest BCUT2D eigenvalue weighted by Crippen LogP contribution is 2.23. The smallest absolute Gasteiger partial charge is 0.267 e. The van der Waals surface area contributed by atoms with Crippen molar-refractivity contribution in [2.45, 2.75) is 13.3 Å². The molecule has 5 nitrogen and oxygen atoms in total. The van der Waals surface area contributed by atoms with Crippen LogP contribution in [0.3, 0.4) is 0 Å². The SMILES string of the molecule is Cc1nc(Cc2ccc(F)cc2)sc1C(=O)Nc1ccc(OCC#N)cc1. The first-order valence-corrected chi connectivity index (χ1v) is 8.98. The normalized spacial score (nSPS) is 10.3. The lowest BCUT2D eigenvalue weighted by Crippen LogP contribution is -2.11. The van der Waals surface area contributed by atoms with Gasteiger partial charge in [0.1, 0.15) is 22.5 Å². The highest BCUT2D eigenvalue weighted by atomic mass is 32.1. The monoisotopic (exact) mass is 381 g/mol. The fourth-order valence-corrected chi connectivity index (χ4v) is 3.45. The fourth-order valence-electron chi connectivity index (χ4n) is 2.45. The van der Waals surface area contributed by atoms with Crippen LogP contribution in [0.25, 0.3) is 0 Å². The Morgan fingerprint density at radius 1 is 1.22 bits per heavy atom. The van der Waals surface area contributed by atoms with Gasteiger partial charge in [-0.15, -0.1) is 11.3 Å². The lowest BCUT2D eigenvalue weighted by atomic mass is 10.1. The van der Waals surface area contributed by atoms with Crippen LogP contribution in [0.2, 0.25) is 0 Å². The van der Waals surface area contributed by atoms with E-state index < -0.39 is 0 Å². The van der Waals surface area contributed by atoms with Crippen molar-refractivity contribution in [3.63, 3.8) is 0 Å². The maximum absolute atomic E-state index is 13.0. The van der Waals surface area contributed by atoms with Crippen molar-refractivity contribution < 1.29 is 13.9 Å². The van der Waals surface area contributed by atoms with E-state index in [0.29, 0.717) is 28.4 Å². The molecule has 7 heteroatoms. The van der Waals surface area contributed by atoms with Crippen LogP contribution in [0.4, 0.5) is 10.1 Å². The number of aryl methyl sites for hydroxylation is 1. The molecule has 0 unspecified atom stereocenters. The molecule has 0 aliphatic heterocycles. The molecule has 0 aliphatic rings. The largest absolute Gasteiger partial charge is 0.479 e. The summed E-state index contributed by atoms with van der Waals surface area (Å²) in [7, 11) is 0. The minimum Gasteiger partial charge on any atom is -0.479 e. The molecular formula is C20H16FN3O2S. The molecule has 3 rings (SSSR count). The highest BCUT2D eigenvalue weighted by Gasteiger charge is 2.16. The van der Waals surface area contributed by atoms with E-state index in [-0.39, 0.29) is 18.3 Å². The summed E-state index contributed by atoms with van der Waals surface area (Å²) in [6.07, 6.45) is 0.546. The summed E-state index contributed by atoms with van der Waals surface area (Å²) < 4.78 is 18.2. The van der Waals surface area contributed by atoms with E-state index in [1.165, 1.54) is 23.5 Å². The van der Waals surface area contributed by atoms with Crippen LogP contribution in [0.5, 0.6) is 5.75 Å². The van der Waals surface area contributed by atoms with E-state index in [2.05, 4.69) is 10.3 Å². The molecule has 2 aromatic carbocycles. The number of nitriles is 1. The summed E-state index contributed by atoms with van der Waals surface area (Å²) in [4.78, 5) is 17.5. The third-order valence-corrected chi connectivity index (χ3v) is 4.89. The van der Waals surface area contributed by atoms with Gasteiger partial charge < -0.3 is 10.1 Å². The van der Waals surface area contributed by atoms with Crippen molar-refractivity contribution >= 4 is 22.9 Å². The summed E-state index contributed by atoms with van der Waals surface area (Å²) >= 11 is 1.32. The molecule has 0 saturated heterocycles. The van der Waals surface area contributed by atoms with Gasteiger partial charge in [-0.2, -0.15) is 5.26 Å². The third-order valence-electron chi connectivity index (χ3n) is 3.73. The number of carbonyl (C=O) groups excluding carboxylic acids is 1. The maximum Gasteiger partial charge on any atom is 0.267 e. The molecule has 0 saturated carbocycles. The molecule has 0 atom stereocenters. The van der Waals surface area contributed by atoms with Gasteiger partial charge in [0.2, 0.25) is 0 Å².